The van der Waals surface area contributed by atoms with E-state index < -0.39 is 6.10 Å². The first-order chi connectivity index (χ1) is 39.0. The number of ether oxygens (including phenoxy) is 3. The molecule has 0 aromatic carbocycles. The largest absolute Gasteiger partial charge is 0.462 e. The van der Waals surface area contributed by atoms with E-state index in [0.717, 1.165) is 77.0 Å². The molecule has 0 fully saturated rings. The van der Waals surface area contributed by atoms with Crippen LogP contribution in [0.2, 0.25) is 0 Å². The molecule has 0 amide bonds. The Morgan fingerprint density at radius 1 is 0.253 bits per heavy atom. The normalized spacial score (nSPS) is 12.2. The molecular formula is C73H136O6. The van der Waals surface area contributed by atoms with Gasteiger partial charge in [0.2, 0.25) is 0 Å². The number of hydrogen-bond acceptors (Lipinski definition) is 6. The van der Waals surface area contributed by atoms with Crippen molar-refractivity contribution >= 4 is 17.9 Å². The van der Waals surface area contributed by atoms with Crippen molar-refractivity contribution in [1.82, 2.24) is 0 Å². The minimum atomic E-state index is -0.777. The topological polar surface area (TPSA) is 78.9 Å². The third-order valence-electron chi connectivity index (χ3n) is 16.1. The van der Waals surface area contributed by atoms with Crippen molar-refractivity contribution in [3.05, 3.63) is 36.5 Å². The molecule has 0 aliphatic heterocycles. The summed E-state index contributed by atoms with van der Waals surface area (Å²) >= 11 is 0. The molecule has 0 aromatic heterocycles. The summed E-state index contributed by atoms with van der Waals surface area (Å²) in [6.45, 7) is 6.70. The van der Waals surface area contributed by atoms with Crippen LogP contribution in [0.25, 0.3) is 0 Å². The van der Waals surface area contributed by atoms with Crippen molar-refractivity contribution < 1.29 is 28.6 Å². The zero-order valence-electron chi connectivity index (χ0n) is 53.4. The number of hydrogen-bond donors (Lipinski definition) is 0. The van der Waals surface area contributed by atoms with Gasteiger partial charge in [-0.25, -0.2) is 0 Å². The zero-order valence-corrected chi connectivity index (χ0v) is 53.4. The summed E-state index contributed by atoms with van der Waals surface area (Å²) < 4.78 is 17.0. The Kier molecular flexibility index (Phi) is 66.1. The predicted octanol–water partition coefficient (Wildman–Crippen LogP) is 24.3. The monoisotopic (exact) mass is 1110 g/mol. The fourth-order valence-corrected chi connectivity index (χ4v) is 10.8. The third-order valence-corrected chi connectivity index (χ3v) is 16.1. The third kappa shape index (κ3) is 66.3. The van der Waals surface area contributed by atoms with E-state index in [1.165, 1.54) is 276 Å². The van der Waals surface area contributed by atoms with Crippen LogP contribution in [0.4, 0.5) is 0 Å². The fraction of sp³-hybridized carbons (Fsp3) is 0.877. The van der Waals surface area contributed by atoms with Gasteiger partial charge in [0.15, 0.2) is 6.10 Å². The molecule has 0 N–H and O–H groups in total. The number of carbonyl (C=O) groups is 3. The summed E-state index contributed by atoms with van der Waals surface area (Å²) in [4.78, 5) is 38.4. The summed E-state index contributed by atoms with van der Waals surface area (Å²) in [6, 6.07) is 0. The lowest BCUT2D eigenvalue weighted by atomic mass is 10.0. The molecule has 0 heterocycles. The predicted molar refractivity (Wildman–Crippen MR) is 344 cm³/mol. The molecule has 0 spiro atoms. The molecule has 0 rings (SSSR count). The second-order valence-electron chi connectivity index (χ2n) is 24.2. The van der Waals surface area contributed by atoms with Gasteiger partial charge in [0.05, 0.1) is 0 Å². The van der Waals surface area contributed by atoms with E-state index in [2.05, 4.69) is 57.2 Å². The van der Waals surface area contributed by atoms with Crippen molar-refractivity contribution in [3.63, 3.8) is 0 Å². The van der Waals surface area contributed by atoms with Crippen molar-refractivity contribution in [2.75, 3.05) is 13.2 Å². The highest BCUT2D eigenvalue weighted by atomic mass is 16.6. The van der Waals surface area contributed by atoms with Gasteiger partial charge in [-0.2, -0.15) is 0 Å². The number of rotatable bonds is 66. The molecule has 0 aromatic rings. The molecule has 1 atom stereocenters. The average Bonchev–Trinajstić information content (AvgIpc) is 3.45. The first kappa shape index (κ1) is 76.6. The van der Waals surface area contributed by atoms with Gasteiger partial charge >= 0.3 is 17.9 Å². The van der Waals surface area contributed by atoms with Gasteiger partial charge in [-0.05, 0) is 57.8 Å². The van der Waals surface area contributed by atoms with Crippen molar-refractivity contribution in [3.8, 4) is 0 Å². The van der Waals surface area contributed by atoms with Gasteiger partial charge in [0.1, 0.15) is 13.2 Å². The van der Waals surface area contributed by atoms with E-state index >= 15 is 0 Å². The van der Waals surface area contributed by atoms with Gasteiger partial charge < -0.3 is 14.2 Å². The molecule has 6 nitrogen and oxygen atoms in total. The Bertz CT molecular complexity index is 1320. The maximum Gasteiger partial charge on any atom is 0.306 e. The Labute approximate surface area is 493 Å². The van der Waals surface area contributed by atoms with E-state index in [4.69, 9.17) is 14.2 Å². The van der Waals surface area contributed by atoms with Crippen LogP contribution in [0.3, 0.4) is 0 Å². The summed E-state index contributed by atoms with van der Waals surface area (Å²) in [5, 5.41) is 0. The Morgan fingerprint density at radius 3 is 0.709 bits per heavy atom. The first-order valence-electron chi connectivity index (χ1n) is 35.5. The molecule has 6 heteroatoms. The van der Waals surface area contributed by atoms with E-state index in [1.54, 1.807) is 0 Å². The maximum absolute atomic E-state index is 12.9. The van der Waals surface area contributed by atoms with Crippen molar-refractivity contribution in [2.24, 2.45) is 0 Å². The minimum absolute atomic E-state index is 0.0719. The van der Waals surface area contributed by atoms with Crippen LogP contribution < -0.4 is 0 Å². The van der Waals surface area contributed by atoms with Gasteiger partial charge in [-0.15, -0.1) is 0 Å². The van der Waals surface area contributed by atoms with E-state index in [-0.39, 0.29) is 31.1 Å². The molecule has 1 unspecified atom stereocenters. The molecule has 464 valence electrons. The summed E-state index contributed by atoms with van der Waals surface area (Å²) in [5.74, 6) is -0.854. The zero-order chi connectivity index (χ0) is 57.1. The second-order valence-corrected chi connectivity index (χ2v) is 24.2. The van der Waals surface area contributed by atoms with Gasteiger partial charge in [-0.3, -0.25) is 14.4 Å². The Morgan fingerprint density at radius 2 is 0.456 bits per heavy atom. The number of allylic oxidation sites excluding steroid dienone is 6. The lowest BCUT2D eigenvalue weighted by Crippen LogP contribution is -2.30. The Balaban J connectivity index is 4.26. The maximum atomic E-state index is 12.9. The summed E-state index contributed by atoms with van der Waals surface area (Å²) in [5.41, 5.74) is 0. The highest BCUT2D eigenvalue weighted by Gasteiger charge is 2.19. The molecule has 79 heavy (non-hydrogen) atoms. The first-order valence-corrected chi connectivity index (χ1v) is 35.5. The standard InChI is InChI=1S/C73H136O6/c1-4-7-10-13-16-19-22-25-28-30-32-34-35-36-37-38-40-41-43-45-48-51-54-57-60-63-66-72(75)78-69-70(68-77-71(74)65-62-59-56-53-50-47-27-24-21-18-15-12-9-6-3)79-73(76)67-64-61-58-55-52-49-46-44-42-39-33-31-29-26-23-20-17-14-11-8-5-2/h23,26,31,33,42,44,70H,4-22,24-25,27-30,32,34-41,43,45-69H2,1-3H3/b26-23-,33-31-,44-42-. The van der Waals surface area contributed by atoms with Crippen LogP contribution in [-0.2, 0) is 28.6 Å². The number of esters is 3. The molecule has 0 aliphatic carbocycles. The van der Waals surface area contributed by atoms with Crippen LogP contribution >= 0.6 is 0 Å². The van der Waals surface area contributed by atoms with E-state index in [1.807, 2.05) is 0 Å². The second kappa shape index (κ2) is 68.1. The fourth-order valence-electron chi connectivity index (χ4n) is 10.8. The van der Waals surface area contributed by atoms with Gasteiger partial charge in [0, 0.05) is 19.3 Å². The van der Waals surface area contributed by atoms with Crippen LogP contribution in [0.1, 0.15) is 393 Å². The van der Waals surface area contributed by atoms with Crippen LogP contribution in [0.15, 0.2) is 36.5 Å². The summed E-state index contributed by atoms with van der Waals surface area (Å²) in [7, 11) is 0. The number of carbonyl (C=O) groups excluding carboxylic acids is 3. The quantitative estimate of drug-likeness (QED) is 0.0261. The van der Waals surface area contributed by atoms with E-state index in [0.29, 0.717) is 19.3 Å². The minimum Gasteiger partial charge on any atom is -0.462 e. The molecule has 0 bridgehead atoms. The molecule has 0 saturated carbocycles. The van der Waals surface area contributed by atoms with Crippen LogP contribution in [0, 0.1) is 0 Å². The molecule has 0 radical (unpaired) electrons. The van der Waals surface area contributed by atoms with E-state index in [9.17, 15) is 14.4 Å². The number of unbranched alkanes of at least 4 members (excludes halogenated alkanes) is 49. The van der Waals surface area contributed by atoms with Crippen molar-refractivity contribution in [1.29, 1.82) is 0 Å². The molecule has 0 aliphatic rings. The van der Waals surface area contributed by atoms with Crippen LogP contribution in [-0.4, -0.2) is 37.2 Å². The molecular weight excluding hydrogens is 973 g/mol. The average molecular weight is 1110 g/mol. The lowest BCUT2D eigenvalue weighted by Gasteiger charge is -2.18. The summed E-state index contributed by atoms with van der Waals surface area (Å²) in [6.07, 6.45) is 84.6. The SMILES string of the molecule is CCCCCCC/C=C\C/C=C\C/C=C\CCCCCCCCC(=O)OC(COC(=O)CCCCCCCCCCCCCCCC)COC(=O)CCCCCCCCCCCCCCCCCCCCCCCCCCCC. The Hall–Kier alpha value is -2.37. The molecule has 0 saturated heterocycles. The van der Waals surface area contributed by atoms with Gasteiger partial charge in [0.25, 0.3) is 0 Å². The smallest absolute Gasteiger partial charge is 0.306 e. The highest BCUT2D eigenvalue weighted by Crippen LogP contribution is 2.19. The highest BCUT2D eigenvalue weighted by molar-refractivity contribution is 5.71. The van der Waals surface area contributed by atoms with Gasteiger partial charge in [-0.1, -0.05) is 353 Å². The van der Waals surface area contributed by atoms with Crippen molar-refractivity contribution in [2.45, 2.75) is 399 Å². The van der Waals surface area contributed by atoms with Crippen LogP contribution in [0.5, 0.6) is 0 Å². The lowest BCUT2D eigenvalue weighted by molar-refractivity contribution is -0.167.